The van der Waals surface area contributed by atoms with E-state index in [2.05, 4.69) is 9.71 Å². The van der Waals surface area contributed by atoms with Crippen molar-refractivity contribution in [2.24, 2.45) is 0 Å². The average molecular weight is 317 g/mol. The van der Waals surface area contributed by atoms with Gasteiger partial charge in [-0.05, 0) is 12.1 Å². The number of aliphatic hydroxyl groups excluding tert-OH is 2. The smallest absolute Gasteiger partial charge is 0.242 e. The van der Waals surface area contributed by atoms with Crippen molar-refractivity contribution >= 4 is 15.8 Å². The zero-order valence-corrected chi connectivity index (χ0v) is 12.3. The number of ether oxygens (including phenoxy) is 1. The summed E-state index contributed by atoms with van der Waals surface area (Å²) in [4.78, 5) is 6.16. The Morgan fingerprint density at radius 2 is 1.95 bits per heavy atom. The van der Waals surface area contributed by atoms with Crippen molar-refractivity contribution in [2.45, 2.75) is 10.9 Å². The third-order valence-electron chi connectivity index (χ3n) is 3.13. The number of morpholine rings is 1. The van der Waals surface area contributed by atoms with E-state index < -0.39 is 29.3 Å². The summed E-state index contributed by atoms with van der Waals surface area (Å²) >= 11 is 0. The molecule has 2 heterocycles. The van der Waals surface area contributed by atoms with E-state index in [0.717, 1.165) is 0 Å². The van der Waals surface area contributed by atoms with Gasteiger partial charge in [-0.15, -0.1) is 0 Å². The first-order chi connectivity index (χ1) is 10.1. The summed E-state index contributed by atoms with van der Waals surface area (Å²) in [5, 5.41) is 17.9. The second-order valence-electron chi connectivity index (χ2n) is 4.63. The Balaban J connectivity index is 2.10. The molecule has 3 N–H and O–H groups in total. The minimum absolute atomic E-state index is 0.00795. The molecule has 0 unspecified atom stereocenters. The van der Waals surface area contributed by atoms with E-state index in [0.29, 0.717) is 32.1 Å². The molecule has 1 saturated heterocycles. The van der Waals surface area contributed by atoms with Crippen molar-refractivity contribution in [2.75, 3.05) is 44.4 Å². The molecule has 9 heteroatoms. The predicted octanol–water partition coefficient (Wildman–Crippen LogP) is -1.45. The lowest BCUT2D eigenvalue weighted by Crippen LogP contribution is -2.40. The highest BCUT2D eigenvalue weighted by Crippen LogP contribution is 2.15. The maximum absolute atomic E-state index is 12.0. The van der Waals surface area contributed by atoms with Crippen LogP contribution < -0.4 is 9.62 Å². The fourth-order valence-electron chi connectivity index (χ4n) is 1.93. The molecule has 0 bridgehead atoms. The Labute approximate surface area is 123 Å². The van der Waals surface area contributed by atoms with E-state index in [-0.39, 0.29) is 4.90 Å². The second-order valence-corrected chi connectivity index (χ2v) is 6.35. The molecule has 0 amide bonds. The Kier molecular flexibility index (Phi) is 5.48. The summed E-state index contributed by atoms with van der Waals surface area (Å²) < 4.78 is 31.5. The number of hydrogen-bond acceptors (Lipinski definition) is 7. The molecule has 1 aliphatic rings. The zero-order chi connectivity index (χ0) is 15.3. The van der Waals surface area contributed by atoms with Gasteiger partial charge in [0.05, 0.1) is 32.5 Å². The third kappa shape index (κ3) is 4.11. The maximum Gasteiger partial charge on any atom is 0.242 e. The molecular weight excluding hydrogens is 298 g/mol. The van der Waals surface area contributed by atoms with E-state index in [1.54, 1.807) is 6.07 Å². The van der Waals surface area contributed by atoms with Gasteiger partial charge in [0, 0.05) is 19.3 Å². The average Bonchev–Trinajstić information content (AvgIpc) is 2.53. The van der Waals surface area contributed by atoms with Gasteiger partial charge in [-0.2, -0.15) is 0 Å². The summed E-state index contributed by atoms with van der Waals surface area (Å²) in [7, 11) is -3.81. The van der Waals surface area contributed by atoms with Crippen molar-refractivity contribution in [1.82, 2.24) is 9.71 Å². The molecule has 1 aromatic heterocycles. The molecule has 8 nitrogen and oxygen atoms in total. The van der Waals surface area contributed by atoms with Crippen LogP contribution in [0.15, 0.2) is 23.2 Å². The molecule has 0 aliphatic carbocycles. The molecule has 0 saturated carbocycles. The summed E-state index contributed by atoms with van der Waals surface area (Å²) in [6.45, 7) is 1.73. The maximum atomic E-state index is 12.0. The first-order valence-electron chi connectivity index (χ1n) is 6.59. The van der Waals surface area contributed by atoms with Crippen LogP contribution in [-0.4, -0.2) is 69.2 Å². The molecule has 118 valence electrons. The molecule has 0 aromatic carbocycles. The number of aliphatic hydroxyl groups is 2. The Bertz CT molecular complexity index is 539. The van der Waals surface area contributed by atoms with Crippen molar-refractivity contribution in [3.8, 4) is 0 Å². The molecule has 0 atom stereocenters. The minimum atomic E-state index is -3.81. The third-order valence-corrected chi connectivity index (χ3v) is 4.63. The lowest BCUT2D eigenvalue weighted by Gasteiger charge is -2.27. The van der Waals surface area contributed by atoms with Crippen LogP contribution in [0.3, 0.4) is 0 Å². The topological polar surface area (TPSA) is 112 Å². The molecule has 1 fully saturated rings. The number of pyridine rings is 1. The van der Waals surface area contributed by atoms with Gasteiger partial charge in [0.25, 0.3) is 0 Å². The first-order valence-corrected chi connectivity index (χ1v) is 8.08. The van der Waals surface area contributed by atoms with Gasteiger partial charge in [0.2, 0.25) is 10.0 Å². The number of aromatic nitrogens is 1. The predicted molar refractivity (Wildman–Crippen MR) is 75.6 cm³/mol. The van der Waals surface area contributed by atoms with Crippen LogP contribution in [0.1, 0.15) is 0 Å². The fraction of sp³-hybridized carbons (Fsp3) is 0.583. The summed E-state index contributed by atoms with van der Waals surface area (Å²) in [5.41, 5.74) is 0. The molecular formula is C12H19N3O5S. The van der Waals surface area contributed by atoms with Crippen molar-refractivity contribution in [1.29, 1.82) is 0 Å². The monoisotopic (exact) mass is 317 g/mol. The standard InChI is InChI=1S/C12H19N3O5S/c16-8-10(9-17)14-21(18,19)11-1-2-12(13-7-11)15-3-5-20-6-4-15/h1-2,7,10,14,16-17H,3-6,8-9H2. The molecule has 1 aromatic rings. The van der Waals surface area contributed by atoms with Crippen LogP contribution in [0.2, 0.25) is 0 Å². The van der Waals surface area contributed by atoms with Crippen LogP contribution in [0, 0.1) is 0 Å². The summed E-state index contributed by atoms with van der Waals surface area (Å²) in [6, 6.07) is 2.16. The van der Waals surface area contributed by atoms with Gasteiger partial charge in [0.1, 0.15) is 10.7 Å². The van der Waals surface area contributed by atoms with Crippen LogP contribution in [0.4, 0.5) is 5.82 Å². The number of rotatable bonds is 6. The van der Waals surface area contributed by atoms with Gasteiger partial charge >= 0.3 is 0 Å². The number of hydrogen-bond donors (Lipinski definition) is 3. The highest BCUT2D eigenvalue weighted by molar-refractivity contribution is 7.89. The van der Waals surface area contributed by atoms with E-state index in [1.807, 2.05) is 4.90 Å². The quantitative estimate of drug-likeness (QED) is 0.588. The minimum Gasteiger partial charge on any atom is -0.395 e. The summed E-state index contributed by atoms with van der Waals surface area (Å²) in [6.07, 6.45) is 1.26. The zero-order valence-electron chi connectivity index (χ0n) is 11.5. The van der Waals surface area contributed by atoms with Crippen LogP contribution >= 0.6 is 0 Å². The first kappa shape index (κ1) is 16.1. The van der Waals surface area contributed by atoms with Crippen molar-refractivity contribution in [3.63, 3.8) is 0 Å². The van der Waals surface area contributed by atoms with E-state index in [9.17, 15) is 8.42 Å². The van der Waals surface area contributed by atoms with E-state index in [1.165, 1.54) is 12.3 Å². The lowest BCUT2D eigenvalue weighted by molar-refractivity contribution is 0.122. The van der Waals surface area contributed by atoms with Crippen LogP contribution in [0.25, 0.3) is 0 Å². The highest BCUT2D eigenvalue weighted by atomic mass is 32.2. The molecule has 0 spiro atoms. The molecule has 1 aliphatic heterocycles. The van der Waals surface area contributed by atoms with Gasteiger partial charge in [-0.1, -0.05) is 0 Å². The van der Waals surface area contributed by atoms with Gasteiger partial charge in [-0.3, -0.25) is 0 Å². The van der Waals surface area contributed by atoms with Crippen LogP contribution in [0.5, 0.6) is 0 Å². The lowest BCUT2D eigenvalue weighted by atomic mass is 10.4. The van der Waals surface area contributed by atoms with Crippen LogP contribution in [-0.2, 0) is 14.8 Å². The SMILES string of the molecule is O=S(=O)(NC(CO)CO)c1ccc(N2CCOCC2)nc1. The van der Waals surface area contributed by atoms with Crippen molar-refractivity contribution in [3.05, 3.63) is 18.3 Å². The second kappa shape index (κ2) is 7.14. The Hall–Kier alpha value is -1.26. The van der Waals surface area contributed by atoms with E-state index in [4.69, 9.17) is 14.9 Å². The molecule has 2 rings (SSSR count). The largest absolute Gasteiger partial charge is 0.395 e. The van der Waals surface area contributed by atoms with Gasteiger partial charge in [0.15, 0.2) is 0 Å². The number of nitrogens with one attached hydrogen (secondary N) is 1. The number of sulfonamides is 1. The Morgan fingerprint density at radius 1 is 1.29 bits per heavy atom. The number of anilines is 1. The summed E-state index contributed by atoms with van der Waals surface area (Å²) in [5.74, 6) is 0.693. The number of nitrogens with zero attached hydrogens (tertiary/aromatic N) is 2. The Morgan fingerprint density at radius 3 is 2.48 bits per heavy atom. The molecule has 21 heavy (non-hydrogen) atoms. The molecule has 0 radical (unpaired) electrons. The fourth-order valence-corrected chi connectivity index (χ4v) is 3.09. The van der Waals surface area contributed by atoms with E-state index >= 15 is 0 Å². The van der Waals surface area contributed by atoms with Gasteiger partial charge in [-0.25, -0.2) is 18.1 Å². The normalized spacial score (nSPS) is 16.4. The highest BCUT2D eigenvalue weighted by Gasteiger charge is 2.20. The van der Waals surface area contributed by atoms with Gasteiger partial charge < -0.3 is 19.8 Å². The van der Waals surface area contributed by atoms with Crippen molar-refractivity contribution < 1.29 is 23.4 Å².